The first kappa shape index (κ1) is 13.9. The maximum Gasteiger partial charge on any atom is 0.0729 e. The Morgan fingerprint density at radius 3 is 2.68 bits per heavy atom. The van der Waals surface area contributed by atoms with E-state index in [0.29, 0.717) is 6.04 Å². The monoisotopic (exact) mass is 281 g/mol. The van der Waals surface area contributed by atoms with Gasteiger partial charge in [-0.05, 0) is 12.8 Å². The fourth-order valence-electron chi connectivity index (χ4n) is 2.55. The maximum atomic E-state index is 4.47. The van der Waals surface area contributed by atoms with Gasteiger partial charge < -0.3 is 5.32 Å². The summed E-state index contributed by atoms with van der Waals surface area (Å²) >= 11 is 0. The van der Waals surface area contributed by atoms with Gasteiger partial charge in [0.05, 0.1) is 24.1 Å². The van der Waals surface area contributed by atoms with Gasteiger partial charge in [-0.2, -0.15) is 10.2 Å². The predicted octanol–water partition coefficient (Wildman–Crippen LogP) is 2.77. The van der Waals surface area contributed by atoms with Crippen LogP contribution in [0.4, 0.5) is 5.69 Å². The van der Waals surface area contributed by atoms with Crippen LogP contribution in [0, 0.1) is 0 Å². The smallest absolute Gasteiger partial charge is 0.0729 e. The molecule has 0 saturated heterocycles. The molecule has 0 spiro atoms. The van der Waals surface area contributed by atoms with Crippen LogP contribution < -0.4 is 5.32 Å². The number of nitrogens with one attached hydrogen (secondary N) is 1. The summed E-state index contributed by atoms with van der Waals surface area (Å²) < 4.78 is 3.93. The quantitative estimate of drug-likeness (QED) is 0.937. The van der Waals surface area contributed by atoms with Gasteiger partial charge >= 0.3 is 0 Å². The van der Waals surface area contributed by atoms with E-state index in [2.05, 4.69) is 26.4 Å². The van der Waals surface area contributed by atoms with E-state index < -0.39 is 0 Å². The third kappa shape index (κ3) is 3.29. The molecular weight excluding hydrogens is 262 g/mol. The fourth-order valence-corrected chi connectivity index (χ4v) is 2.55. The number of hydrogen-bond acceptors (Lipinski definition) is 3. The Balaban J connectivity index is 0.00000133. The van der Waals surface area contributed by atoms with Gasteiger partial charge in [0.25, 0.3) is 0 Å². The average Bonchev–Trinajstić information content (AvgIpc) is 3.07. The van der Waals surface area contributed by atoms with Gasteiger partial charge in [0.1, 0.15) is 0 Å². The van der Waals surface area contributed by atoms with Crippen LogP contribution in [0.2, 0.25) is 0 Å². The fraction of sp³-hybridized carbons (Fsp3) is 0.538. The lowest BCUT2D eigenvalue weighted by Crippen LogP contribution is -2.04. The van der Waals surface area contributed by atoms with Gasteiger partial charge in [-0.15, -0.1) is 12.4 Å². The first-order chi connectivity index (χ1) is 8.81. The maximum absolute atomic E-state index is 4.47. The Morgan fingerprint density at radius 2 is 2.00 bits per heavy atom. The van der Waals surface area contributed by atoms with E-state index >= 15 is 0 Å². The Labute approximate surface area is 119 Å². The topological polar surface area (TPSA) is 47.7 Å². The Bertz CT molecular complexity index is 513. The number of hydrogen-bond donors (Lipinski definition) is 1. The number of aromatic nitrogens is 4. The van der Waals surface area contributed by atoms with E-state index in [0.717, 1.165) is 12.2 Å². The van der Waals surface area contributed by atoms with Gasteiger partial charge in [-0.1, -0.05) is 12.8 Å². The van der Waals surface area contributed by atoms with Gasteiger partial charge in [0.2, 0.25) is 0 Å². The zero-order valence-electron chi connectivity index (χ0n) is 11.1. The van der Waals surface area contributed by atoms with E-state index in [1.165, 1.54) is 31.2 Å². The number of rotatable bonds is 4. The van der Waals surface area contributed by atoms with Crippen molar-refractivity contribution < 1.29 is 0 Å². The number of anilines is 1. The molecule has 0 aliphatic heterocycles. The molecule has 0 atom stereocenters. The van der Waals surface area contributed by atoms with Gasteiger partial charge in [-0.25, -0.2) is 0 Å². The third-order valence-electron chi connectivity index (χ3n) is 3.56. The van der Waals surface area contributed by atoms with Crippen LogP contribution in [-0.4, -0.2) is 19.6 Å². The molecule has 0 aromatic carbocycles. The summed E-state index contributed by atoms with van der Waals surface area (Å²) in [7, 11) is 1.92. The molecule has 1 saturated carbocycles. The first-order valence-corrected chi connectivity index (χ1v) is 6.57. The second kappa shape index (κ2) is 6.10. The largest absolute Gasteiger partial charge is 0.378 e. The van der Waals surface area contributed by atoms with Crippen LogP contribution in [-0.2, 0) is 13.6 Å². The molecule has 104 valence electrons. The molecule has 5 nitrogen and oxygen atoms in total. The van der Waals surface area contributed by atoms with E-state index in [1.54, 1.807) is 4.68 Å². The molecule has 6 heteroatoms. The average molecular weight is 282 g/mol. The Morgan fingerprint density at radius 1 is 1.21 bits per heavy atom. The van der Waals surface area contributed by atoms with Crippen LogP contribution in [0.1, 0.15) is 37.3 Å². The van der Waals surface area contributed by atoms with Crippen molar-refractivity contribution in [3.63, 3.8) is 0 Å². The highest BCUT2D eigenvalue weighted by atomic mass is 35.5. The zero-order chi connectivity index (χ0) is 12.4. The van der Waals surface area contributed by atoms with Crippen LogP contribution >= 0.6 is 12.4 Å². The van der Waals surface area contributed by atoms with E-state index in [4.69, 9.17) is 0 Å². The number of aryl methyl sites for hydroxylation is 1. The first-order valence-electron chi connectivity index (χ1n) is 6.57. The van der Waals surface area contributed by atoms with Crippen LogP contribution in [0.5, 0.6) is 0 Å². The van der Waals surface area contributed by atoms with Crippen molar-refractivity contribution in [3.8, 4) is 0 Å². The van der Waals surface area contributed by atoms with Gasteiger partial charge in [0.15, 0.2) is 0 Å². The van der Waals surface area contributed by atoms with Crippen LogP contribution in [0.15, 0.2) is 24.8 Å². The van der Waals surface area contributed by atoms with Gasteiger partial charge in [-0.3, -0.25) is 9.36 Å². The van der Waals surface area contributed by atoms with Crippen molar-refractivity contribution in [1.82, 2.24) is 19.6 Å². The minimum Gasteiger partial charge on any atom is -0.378 e. The summed E-state index contributed by atoms with van der Waals surface area (Å²) in [5.74, 6) is 0. The van der Waals surface area contributed by atoms with Crippen molar-refractivity contribution in [3.05, 3.63) is 30.4 Å². The third-order valence-corrected chi connectivity index (χ3v) is 3.56. The van der Waals surface area contributed by atoms with E-state index in [9.17, 15) is 0 Å². The lowest BCUT2D eigenvalue weighted by molar-refractivity contribution is 0.466. The highest BCUT2D eigenvalue weighted by Gasteiger charge is 2.17. The molecule has 2 aromatic rings. The molecule has 3 rings (SSSR count). The highest BCUT2D eigenvalue weighted by Crippen LogP contribution is 2.28. The predicted molar refractivity (Wildman–Crippen MR) is 77.5 cm³/mol. The summed E-state index contributed by atoms with van der Waals surface area (Å²) in [5, 5.41) is 12.0. The standard InChI is InChI=1S/C13H19N5.ClH/c1-17-10-12(8-15-17)14-6-11-7-16-18(9-11)13-4-2-3-5-13;/h7-10,13-14H,2-6H2,1H3;1H. The Hall–Kier alpha value is -1.49. The Kier molecular flexibility index (Phi) is 4.47. The molecule has 1 aliphatic rings. The minimum atomic E-state index is 0. The lowest BCUT2D eigenvalue weighted by Gasteiger charge is -2.08. The zero-order valence-corrected chi connectivity index (χ0v) is 11.9. The second-order valence-corrected chi connectivity index (χ2v) is 5.02. The summed E-state index contributed by atoms with van der Waals surface area (Å²) in [4.78, 5) is 0. The van der Waals surface area contributed by atoms with Crippen molar-refractivity contribution in [2.24, 2.45) is 7.05 Å². The van der Waals surface area contributed by atoms with Crippen molar-refractivity contribution in [1.29, 1.82) is 0 Å². The summed E-state index contributed by atoms with van der Waals surface area (Å²) in [6.07, 6.45) is 13.2. The molecular formula is C13H20ClN5. The van der Waals surface area contributed by atoms with E-state index in [-0.39, 0.29) is 12.4 Å². The van der Waals surface area contributed by atoms with Crippen molar-refractivity contribution in [2.75, 3.05) is 5.32 Å². The van der Waals surface area contributed by atoms with Gasteiger partial charge in [0, 0.05) is 31.5 Å². The van der Waals surface area contributed by atoms with Crippen molar-refractivity contribution in [2.45, 2.75) is 38.3 Å². The summed E-state index contributed by atoms with van der Waals surface area (Å²) in [6.45, 7) is 0.804. The van der Waals surface area contributed by atoms with Crippen LogP contribution in [0.3, 0.4) is 0 Å². The molecule has 1 aliphatic carbocycles. The number of nitrogens with zero attached hydrogens (tertiary/aromatic N) is 4. The summed E-state index contributed by atoms with van der Waals surface area (Å²) in [5.41, 5.74) is 2.27. The highest BCUT2D eigenvalue weighted by molar-refractivity contribution is 5.85. The molecule has 0 radical (unpaired) electrons. The molecule has 0 unspecified atom stereocenters. The lowest BCUT2D eigenvalue weighted by atomic mass is 10.2. The van der Waals surface area contributed by atoms with E-state index in [1.807, 2.05) is 25.6 Å². The normalized spacial score (nSPS) is 15.4. The molecule has 2 heterocycles. The molecule has 0 bridgehead atoms. The SMILES string of the molecule is Cl.Cn1cc(NCc2cnn(C3CCCC3)c2)cn1. The van der Waals surface area contributed by atoms with Crippen molar-refractivity contribution >= 4 is 18.1 Å². The summed E-state index contributed by atoms with van der Waals surface area (Å²) in [6, 6.07) is 0.622. The van der Waals surface area contributed by atoms with Crippen LogP contribution in [0.25, 0.3) is 0 Å². The molecule has 1 N–H and O–H groups in total. The molecule has 19 heavy (non-hydrogen) atoms. The second-order valence-electron chi connectivity index (χ2n) is 5.02. The number of halogens is 1. The minimum absolute atomic E-state index is 0. The molecule has 2 aromatic heterocycles. The molecule has 1 fully saturated rings. The molecule has 0 amide bonds.